The summed E-state index contributed by atoms with van der Waals surface area (Å²) in [6.45, 7) is 3.38. The van der Waals surface area contributed by atoms with Gasteiger partial charge >= 0.3 is 0 Å². The molecule has 0 unspecified atom stereocenters. The van der Waals surface area contributed by atoms with Crippen molar-refractivity contribution in [2.24, 2.45) is 0 Å². The minimum atomic E-state index is -1.21. The van der Waals surface area contributed by atoms with Crippen LogP contribution in [0.5, 0.6) is 5.75 Å². The molecule has 0 heterocycles. The van der Waals surface area contributed by atoms with E-state index in [1.807, 2.05) is 24.3 Å². The summed E-state index contributed by atoms with van der Waals surface area (Å²) in [5.41, 5.74) is -0.335. The zero-order chi connectivity index (χ0) is 10.6. The molecule has 1 aromatic rings. The average molecular weight is 197 g/mol. The molecular weight excluding hydrogens is 181 g/mol. The third-order valence-corrected chi connectivity index (χ3v) is 1.78. The molecule has 1 rings (SSSR count). The second-order valence-electron chi connectivity index (χ2n) is 3.80. The van der Waals surface area contributed by atoms with E-state index in [1.165, 1.54) is 0 Å². The second-order valence-corrected chi connectivity index (χ2v) is 3.80. The number of rotatable bonds is 4. The highest BCUT2D eigenvalue weighted by Crippen LogP contribution is 2.18. The molecule has 1 aromatic carbocycles. The molecule has 0 saturated heterocycles. The molecule has 0 atom stereocenters. The Morgan fingerprint density at radius 3 is 2.71 bits per heavy atom. The highest BCUT2D eigenvalue weighted by Gasteiger charge is 2.14. The molecule has 14 heavy (non-hydrogen) atoms. The van der Waals surface area contributed by atoms with Crippen molar-refractivity contribution in [2.75, 3.05) is 19.0 Å². The molecule has 0 aliphatic heterocycles. The van der Waals surface area contributed by atoms with Crippen molar-refractivity contribution in [1.82, 2.24) is 0 Å². The quantitative estimate of drug-likeness (QED) is 0.801. The monoisotopic (exact) mass is 197 g/mol. The molecule has 1 N–H and O–H groups in total. The van der Waals surface area contributed by atoms with Crippen LogP contribution in [0.2, 0.25) is 0 Å². The van der Waals surface area contributed by atoms with Crippen molar-refractivity contribution < 1.29 is 9.13 Å². The molecule has 0 bridgehead atoms. The Hall–Kier alpha value is -1.25. The summed E-state index contributed by atoms with van der Waals surface area (Å²) in [6, 6.07) is 7.44. The van der Waals surface area contributed by atoms with Crippen molar-refractivity contribution in [1.29, 1.82) is 0 Å². The Morgan fingerprint density at radius 2 is 2.14 bits per heavy atom. The predicted molar refractivity (Wildman–Crippen MR) is 56.7 cm³/mol. The van der Waals surface area contributed by atoms with E-state index in [4.69, 9.17) is 4.74 Å². The SMILES string of the molecule is COc1cccc(NCC(C)(C)F)c1. The summed E-state index contributed by atoms with van der Waals surface area (Å²) in [7, 11) is 1.61. The van der Waals surface area contributed by atoms with Gasteiger partial charge in [-0.3, -0.25) is 0 Å². The highest BCUT2D eigenvalue weighted by atomic mass is 19.1. The first-order valence-corrected chi connectivity index (χ1v) is 4.58. The summed E-state index contributed by atoms with van der Waals surface area (Å²) in [4.78, 5) is 0. The summed E-state index contributed by atoms with van der Waals surface area (Å²) in [5, 5.41) is 3.00. The van der Waals surface area contributed by atoms with Crippen LogP contribution < -0.4 is 10.1 Å². The molecule has 3 heteroatoms. The van der Waals surface area contributed by atoms with Crippen molar-refractivity contribution in [3.63, 3.8) is 0 Å². The van der Waals surface area contributed by atoms with Gasteiger partial charge in [-0.15, -0.1) is 0 Å². The van der Waals surface area contributed by atoms with Crippen LogP contribution >= 0.6 is 0 Å². The zero-order valence-corrected chi connectivity index (χ0v) is 8.80. The predicted octanol–water partition coefficient (Wildman–Crippen LogP) is 2.86. The Balaban J connectivity index is 2.59. The number of ether oxygens (including phenoxy) is 1. The highest BCUT2D eigenvalue weighted by molar-refractivity contribution is 5.48. The molecular formula is C11H16FNO. The van der Waals surface area contributed by atoms with Crippen LogP contribution in [0.25, 0.3) is 0 Å². The summed E-state index contributed by atoms with van der Waals surface area (Å²) in [6.07, 6.45) is 0. The summed E-state index contributed by atoms with van der Waals surface area (Å²) >= 11 is 0. The fraction of sp³-hybridized carbons (Fsp3) is 0.455. The van der Waals surface area contributed by atoms with Gasteiger partial charge in [0.2, 0.25) is 0 Å². The van der Waals surface area contributed by atoms with E-state index in [2.05, 4.69) is 5.32 Å². The normalized spacial score (nSPS) is 11.1. The van der Waals surface area contributed by atoms with Gasteiger partial charge in [0.15, 0.2) is 0 Å². The molecule has 0 radical (unpaired) electrons. The van der Waals surface area contributed by atoms with Crippen LogP contribution in [0.3, 0.4) is 0 Å². The summed E-state index contributed by atoms with van der Waals surface area (Å²) in [5.74, 6) is 0.770. The molecule has 0 aliphatic rings. The number of benzene rings is 1. The minimum absolute atomic E-state index is 0.292. The molecule has 78 valence electrons. The lowest BCUT2D eigenvalue weighted by molar-refractivity contribution is 0.235. The molecule has 0 aliphatic carbocycles. The largest absolute Gasteiger partial charge is 0.497 e. The van der Waals surface area contributed by atoms with Crippen LogP contribution in [0.4, 0.5) is 10.1 Å². The Kier molecular flexibility index (Phi) is 3.33. The Bertz CT molecular complexity index is 294. The maximum Gasteiger partial charge on any atom is 0.122 e. The van der Waals surface area contributed by atoms with Gasteiger partial charge in [0.25, 0.3) is 0 Å². The fourth-order valence-electron chi connectivity index (χ4n) is 1.05. The number of alkyl halides is 1. The molecule has 0 amide bonds. The lowest BCUT2D eigenvalue weighted by Crippen LogP contribution is -2.24. The fourth-order valence-corrected chi connectivity index (χ4v) is 1.05. The average Bonchev–Trinajstić information content (AvgIpc) is 2.14. The van der Waals surface area contributed by atoms with Gasteiger partial charge in [-0.2, -0.15) is 0 Å². The zero-order valence-electron chi connectivity index (χ0n) is 8.80. The molecule has 0 fully saturated rings. The third-order valence-electron chi connectivity index (χ3n) is 1.78. The van der Waals surface area contributed by atoms with Gasteiger partial charge in [0.1, 0.15) is 11.4 Å². The van der Waals surface area contributed by atoms with Gasteiger partial charge in [-0.05, 0) is 26.0 Å². The lowest BCUT2D eigenvalue weighted by atomic mass is 10.1. The Labute approximate surface area is 84.1 Å². The molecule has 2 nitrogen and oxygen atoms in total. The third kappa shape index (κ3) is 3.64. The van der Waals surface area contributed by atoms with E-state index < -0.39 is 5.67 Å². The number of anilines is 1. The van der Waals surface area contributed by atoms with Crippen LogP contribution in [-0.4, -0.2) is 19.3 Å². The standard InChI is InChI=1S/C11H16FNO/c1-11(2,12)8-13-9-5-4-6-10(7-9)14-3/h4-7,13H,8H2,1-3H3. The van der Waals surface area contributed by atoms with Crippen LogP contribution in [0, 0.1) is 0 Å². The lowest BCUT2D eigenvalue weighted by Gasteiger charge is -2.16. The van der Waals surface area contributed by atoms with E-state index in [0.29, 0.717) is 6.54 Å². The number of hydrogen-bond donors (Lipinski definition) is 1. The van der Waals surface area contributed by atoms with E-state index in [1.54, 1.807) is 21.0 Å². The van der Waals surface area contributed by atoms with Gasteiger partial charge in [0, 0.05) is 18.3 Å². The van der Waals surface area contributed by atoms with Gasteiger partial charge in [0.05, 0.1) is 7.11 Å². The van der Waals surface area contributed by atoms with Crippen LogP contribution in [0.1, 0.15) is 13.8 Å². The first-order valence-electron chi connectivity index (χ1n) is 4.58. The van der Waals surface area contributed by atoms with Gasteiger partial charge < -0.3 is 10.1 Å². The number of halogens is 1. The smallest absolute Gasteiger partial charge is 0.122 e. The van der Waals surface area contributed by atoms with Crippen molar-refractivity contribution in [3.05, 3.63) is 24.3 Å². The second kappa shape index (κ2) is 4.31. The summed E-state index contributed by atoms with van der Waals surface area (Å²) < 4.78 is 18.2. The maximum absolute atomic E-state index is 13.2. The maximum atomic E-state index is 13.2. The number of hydrogen-bond acceptors (Lipinski definition) is 2. The van der Waals surface area contributed by atoms with Crippen molar-refractivity contribution >= 4 is 5.69 Å². The van der Waals surface area contributed by atoms with Crippen LogP contribution in [-0.2, 0) is 0 Å². The first-order chi connectivity index (χ1) is 6.51. The molecule has 0 aromatic heterocycles. The Morgan fingerprint density at radius 1 is 1.43 bits per heavy atom. The van der Waals surface area contributed by atoms with Gasteiger partial charge in [-0.1, -0.05) is 6.07 Å². The van der Waals surface area contributed by atoms with Crippen molar-refractivity contribution in [3.8, 4) is 5.75 Å². The number of nitrogens with one attached hydrogen (secondary N) is 1. The molecule has 0 saturated carbocycles. The van der Waals surface area contributed by atoms with E-state index in [-0.39, 0.29) is 0 Å². The van der Waals surface area contributed by atoms with Crippen LogP contribution in [0.15, 0.2) is 24.3 Å². The van der Waals surface area contributed by atoms with E-state index >= 15 is 0 Å². The topological polar surface area (TPSA) is 21.3 Å². The molecule has 0 spiro atoms. The first kappa shape index (κ1) is 10.8. The van der Waals surface area contributed by atoms with Crippen molar-refractivity contribution in [2.45, 2.75) is 19.5 Å². The van der Waals surface area contributed by atoms with Gasteiger partial charge in [-0.25, -0.2) is 4.39 Å². The van der Waals surface area contributed by atoms with E-state index in [0.717, 1.165) is 11.4 Å². The number of methoxy groups -OCH3 is 1. The minimum Gasteiger partial charge on any atom is -0.497 e. The van der Waals surface area contributed by atoms with E-state index in [9.17, 15) is 4.39 Å².